The van der Waals surface area contributed by atoms with Crippen LogP contribution in [-0.2, 0) is 0 Å². The molecule has 0 saturated carbocycles. The van der Waals surface area contributed by atoms with Crippen LogP contribution in [0, 0.1) is 11.8 Å². The van der Waals surface area contributed by atoms with Gasteiger partial charge in [-0.05, 0) is 24.7 Å². The van der Waals surface area contributed by atoms with Crippen molar-refractivity contribution >= 4 is 28.2 Å². The van der Waals surface area contributed by atoms with Gasteiger partial charge in [0, 0.05) is 20.0 Å². The van der Waals surface area contributed by atoms with E-state index in [-0.39, 0.29) is 16.4 Å². The lowest BCUT2D eigenvalue weighted by atomic mass is 9.87. The number of hydrogen-bond acceptors (Lipinski definition) is 5. The van der Waals surface area contributed by atoms with Crippen LogP contribution in [0.2, 0.25) is 0 Å². The number of aromatic carboxylic acids is 1. The van der Waals surface area contributed by atoms with Gasteiger partial charge in [-0.3, -0.25) is 4.79 Å². The number of piperidine rings is 1. The molecule has 1 aromatic rings. The van der Waals surface area contributed by atoms with Crippen molar-refractivity contribution in [3.63, 3.8) is 0 Å². The van der Waals surface area contributed by atoms with Gasteiger partial charge >= 0.3 is 5.97 Å². The lowest BCUT2D eigenvalue weighted by Gasteiger charge is -2.33. The third kappa shape index (κ3) is 3.00. The van der Waals surface area contributed by atoms with E-state index in [2.05, 4.69) is 23.7 Å². The van der Waals surface area contributed by atoms with Crippen LogP contribution in [0.1, 0.15) is 53.8 Å². The molecule has 0 aliphatic carbocycles. The topological polar surface area (TPSA) is 70.5 Å². The van der Waals surface area contributed by atoms with Crippen molar-refractivity contribution in [3.05, 3.63) is 10.6 Å². The summed E-state index contributed by atoms with van der Waals surface area (Å²) >= 11 is 1.20. The number of hydrogen-bond donors (Lipinski definition) is 1. The number of carbonyl (C=O) groups is 2. The summed E-state index contributed by atoms with van der Waals surface area (Å²) in [6.45, 7) is 7.62. The minimum absolute atomic E-state index is 0.108. The Morgan fingerprint density at radius 3 is 2.35 bits per heavy atom. The van der Waals surface area contributed by atoms with Crippen LogP contribution >= 0.6 is 11.3 Å². The van der Waals surface area contributed by atoms with Gasteiger partial charge < -0.3 is 10.0 Å². The zero-order valence-electron chi connectivity index (χ0n) is 12.0. The predicted molar refractivity (Wildman–Crippen MR) is 78.9 cm³/mol. The number of carboxylic acids is 1. The van der Waals surface area contributed by atoms with Gasteiger partial charge in [0.15, 0.2) is 16.6 Å². The Morgan fingerprint density at radius 2 is 1.95 bits per heavy atom. The number of ketones is 1. The van der Waals surface area contributed by atoms with Gasteiger partial charge in [0.25, 0.3) is 0 Å². The number of thiazole rings is 1. The molecule has 1 aromatic heterocycles. The summed E-state index contributed by atoms with van der Waals surface area (Å²) in [5.41, 5.74) is -0.108. The molecule has 2 heterocycles. The molecule has 1 aliphatic heterocycles. The van der Waals surface area contributed by atoms with Crippen LogP contribution in [0.15, 0.2) is 0 Å². The average molecular weight is 296 g/mol. The van der Waals surface area contributed by atoms with Crippen LogP contribution in [0.4, 0.5) is 5.13 Å². The van der Waals surface area contributed by atoms with E-state index < -0.39 is 5.97 Å². The number of carbonyl (C=O) groups excluding carboxylic acids is 1. The molecule has 1 saturated heterocycles. The van der Waals surface area contributed by atoms with Crippen LogP contribution in [-0.4, -0.2) is 34.9 Å². The van der Waals surface area contributed by atoms with Gasteiger partial charge in [-0.2, -0.15) is 0 Å². The fourth-order valence-corrected chi connectivity index (χ4v) is 3.59. The van der Waals surface area contributed by atoms with Gasteiger partial charge in [0.05, 0.1) is 0 Å². The normalized spacial score (nSPS) is 16.7. The molecule has 0 bridgehead atoms. The number of Topliss-reactive ketones (excluding diaryl/α,β-unsaturated/α-hetero) is 1. The maximum absolute atomic E-state index is 11.5. The summed E-state index contributed by atoms with van der Waals surface area (Å²) in [5.74, 6) is 0.0335. The maximum atomic E-state index is 11.5. The lowest BCUT2D eigenvalue weighted by Crippen LogP contribution is -2.35. The summed E-state index contributed by atoms with van der Waals surface area (Å²) in [4.78, 5) is 29.1. The van der Waals surface area contributed by atoms with Gasteiger partial charge in [0.1, 0.15) is 4.88 Å². The molecule has 1 aliphatic rings. The van der Waals surface area contributed by atoms with Gasteiger partial charge in [-0.1, -0.05) is 25.2 Å². The molecule has 0 unspecified atom stereocenters. The van der Waals surface area contributed by atoms with E-state index in [9.17, 15) is 9.59 Å². The number of aromatic nitrogens is 1. The van der Waals surface area contributed by atoms with Crippen molar-refractivity contribution < 1.29 is 14.7 Å². The molecule has 20 heavy (non-hydrogen) atoms. The highest BCUT2D eigenvalue weighted by molar-refractivity contribution is 7.17. The van der Waals surface area contributed by atoms with Crippen molar-refractivity contribution in [2.75, 3.05) is 18.0 Å². The van der Waals surface area contributed by atoms with E-state index in [4.69, 9.17) is 5.11 Å². The summed E-state index contributed by atoms with van der Waals surface area (Å²) < 4.78 is 0. The predicted octanol–water partition coefficient (Wildman–Crippen LogP) is 2.92. The monoisotopic (exact) mass is 296 g/mol. The minimum atomic E-state index is -1.13. The van der Waals surface area contributed by atoms with E-state index in [1.807, 2.05) is 0 Å². The number of anilines is 1. The number of nitrogens with zero attached hydrogens (tertiary/aromatic N) is 2. The molecule has 110 valence electrons. The molecule has 0 spiro atoms. The molecule has 0 radical (unpaired) electrons. The molecule has 5 nitrogen and oxygen atoms in total. The van der Waals surface area contributed by atoms with Crippen molar-refractivity contribution in [1.82, 2.24) is 4.98 Å². The summed E-state index contributed by atoms with van der Waals surface area (Å²) in [7, 11) is 0. The zero-order chi connectivity index (χ0) is 14.9. The van der Waals surface area contributed by atoms with E-state index in [1.54, 1.807) is 0 Å². The Bertz CT molecular complexity index is 485. The SMILES string of the molecule is CC(=O)c1sc(N2CCC(C(C)C)CC2)nc1C(=O)O. The van der Waals surface area contributed by atoms with Crippen molar-refractivity contribution in [2.45, 2.75) is 33.6 Å². The fourth-order valence-electron chi connectivity index (χ4n) is 2.59. The second-order valence-corrected chi connectivity index (χ2v) is 6.58. The van der Waals surface area contributed by atoms with Crippen LogP contribution in [0.25, 0.3) is 0 Å². The molecule has 6 heteroatoms. The standard InChI is InChI=1S/C14H20N2O3S/c1-8(2)10-4-6-16(7-5-10)14-15-11(13(18)19)12(20-14)9(3)17/h8,10H,4-7H2,1-3H3,(H,18,19). The van der Waals surface area contributed by atoms with Gasteiger partial charge in [0.2, 0.25) is 0 Å². The summed E-state index contributed by atoms with van der Waals surface area (Å²) in [6.07, 6.45) is 2.18. The maximum Gasteiger partial charge on any atom is 0.356 e. The number of rotatable bonds is 4. The highest BCUT2D eigenvalue weighted by Gasteiger charge is 2.27. The first-order chi connectivity index (χ1) is 9.40. The summed E-state index contributed by atoms with van der Waals surface area (Å²) in [5, 5.41) is 9.78. The minimum Gasteiger partial charge on any atom is -0.476 e. The van der Waals surface area contributed by atoms with E-state index in [0.717, 1.165) is 31.8 Å². The van der Waals surface area contributed by atoms with Crippen molar-refractivity contribution in [3.8, 4) is 0 Å². The molecular weight excluding hydrogens is 276 g/mol. The van der Waals surface area contributed by atoms with Gasteiger partial charge in [-0.15, -0.1) is 0 Å². The van der Waals surface area contributed by atoms with E-state index in [0.29, 0.717) is 11.0 Å². The molecule has 0 atom stereocenters. The Morgan fingerprint density at radius 1 is 1.35 bits per heavy atom. The van der Waals surface area contributed by atoms with Crippen molar-refractivity contribution in [1.29, 1.82) is 0 Å². The first kappa shape index (κ1) is 15.0. The molecule has 0 amide bonds. The molecule has 0 aromatic carbocycles. The lowest BCUT2D eigenvalue weighted by molar-refractivity contribution is 0.0687. The zero-order valence-corrected chi connectivity index (χ0v) is 12.9. The van der Waals surface area contributed by atoms with Crippen LogP contribution in [0.3, 0.4) is 0 Å². The Labute approximate surface area is 122 Å². The number of carboxylic acid groups (broad SMARTS) is 1. The Hall–Kier alpha value is -1.43. The smallest absolute Gasteiger partial charge is 0.356 e. The molecule has 2 rings (SSSR count). The second kappa shape index (κ2) is 5.91. The molecule has 1 N–H and O–H groups in total. The molecule has 1 fully saturated rings. The molecular formula is C14H20N2O3S. The first-order valence-corrected chi connectivity index (χ1v) is 7.71. The highest BCUT2D eigenvalue weighted by atomic mass is 32.1. The van der Waals surface area contributed by atoms with E-state index >= 15 is 0 Å². The van der Waals surface area contributed by atoms with Gasteiger partial charge in [-0.25, -0.2) is 9.78 Å². The Kier molecular flexibility index (Phi) is 4.42. The first-order valence-electron chi connectivity index (χ1n) is 6.90. The average Bonchev–Trinajstić information content (AvgIpc) is 2.84. The second-order valence-electron chi connectivity index (χ2n) is 5.60. The highest BCUT2D eigenvalue weighted by Crippen LogP contribution is 2.32. The van der Waals surface area contributed by atoms with Crippen LogP contribution < -0.4 is 4.90 Å². The third-order valence-electron chi connectivity index (χ3n) is 3.89. The van der Waals surface area contributed by atoms with E-state index in [1.165, 1.54) is 18.3 Å². The Balaban J connectivity index is 2.16. The quantitative estimate of drug-likeness (QED) is 0.865. The largest absolute Gasteiger partial charge is 0.476 e. The summed E-state index contributed by atoms with van der Waals surface area (Å²) in [6, 6.07) is 0. The van der Waals surface area contributed by atoms with Crippen molar-refractivity contribution in [2.24, 2.45) is 11.8 Å². The van der Waals surface area contributed by atoms with Crippen LogP contribution in [0.5, 0.6) is 0 Å². The fraction of sp³-hybridized carbons (Fsp3) is 0.643. The third-order valence-corrected chi connectivity index (χ3v) is 5.11.